The first-order valence-electron chi connectivity index (χ1n) is 9.14. The highest BCUT2D eigenvalue weighted by atomic mass is 16.2. The van der Waals surface area contributed by atoms with Crippen molar-refractivity contribution in [3.8, 4) is 0 Å². The molecule has 1 saturated heterocycles. The quantitative estimate of drug-likeness (QED) is 0.876. The number of amides is 1. The largest absolute Gasteiger partial charge is 0.346 e. The predicted octanol–water partition coefficient (Wildman–Crippen LogP) is 1.91. The van der Waals surface area contributed by atoms with E-state index in [-0.39, 0.29) is 5.91 Å². The van der Waals surface area contributed by atoms with Crippen LogP contribution in [0.4, 0.5) is 17.5 Å². The maximum atomic E-state index is 12.3. The molecule has 2 aromatic rings. The first-order chi connectivity index (χ1) is 12.6. The number of rotatable bonds is 4. The zero-order valence-corrected chi connectivity index (χ0v) is 15.2. The van der Waals surface area contributed by atoms with Crippen LogP contribution in [0.1, 0.15) is 28.5 Å². The lowest BCUT2D eigenvalue weighted by atomic mass is 10.2. The number of nitrogens with zero attached hydrogens (tertiary/aromatic N) is 4. The van der Waals surface area contributed by atoms with Crippen LogP contribution in [0, 0.1) is 6.92 Å². The van der Waals surface area contributed by atoms with E-state index in [1.54, 1.807) is 0 Å². The van der Waals surface area contributed by atoms with E-state index in [0.717, 1.165) is 49.7 Å². The zero-order valence-electron chi connectivity index (χ0n) is 15.2. The SMILES string of the molecule is CCN1CCN(c2nc3c(c(Nc4cccc(C)c4)n2)C(=O)NC3)CC1. The summed E-state index contributed by atoms with van der Waals surface area (Å²) in [5, 5.41) is 6.19. The fraction of sp³-hybridized carbons (Fsp3) is 0.421. The molecule has 7 nitrogen and oxygen atoms in total. The Balaban J connectivity index is 1.66. The summed E-state index contributed by atoms with van der Waals surface area (Å²) in [5.74, 6) is 1.17. The number of benzene rings is 1. The van der Waals surface area contributed by atoms with Gasteiger partial charge in [-0.2, -0.15) is 4.98 Å². The molecule has 0 unspecified atom stereocenters. The topological polar surface area (TPSA) is 73.4 Å². The monoisotopic (exact) mass is 352 g/mol. The van der Waals surface area contributed by atoms with Crippen LogP contribution in [-0.2, 0) is 6.54 Å². The molecule has 0 saturated carbocycles. The molecule has 1 amide bonds. The highest BCUT2D eigenvalue weighted by molar-refractivity contribution is 6.02. The number of carbonyl (C=O) groups excluding carboxylic acids is 1. The number of piperazine rings is 1. The first kappa shape index (κ1) is 16.8. The van der Waals surface area contributed by atoms with Gasteiger partial charge in [0, 0.05) is 31.9 Å². The molecule has 1 aromatic carbocycles. The standard InChI is InChI=1S/C19H24N6O/c1-3-24-7-9-25(10-8-24)19-22-15-12-20-18(26)16(15)17(23-19)21-14-6-4-5-13(2)11-14/h4-6,11H,3,7-10,12H2,1-2H3,(H,20,26)(H,21,22,23). The lowest BCUT2D eigenvalue weighted by Gasteiger charge is -2.34. The maximum absolute atomic E-state index is 12.3. The Hall–Kier alpha value is -2.67. The number of fused-ring (bicyclic) bond motifs is 1. The van der Waals surface area contributed by atoms with Crippen LogP contribution in [0.25, 0.3) is 0 Å². The van der Waals surface area contributed by atoms with Gasteiger partial charge < -0.3 is 20.4 Å². The third-order valence-electron chi connectivity index (χ3n) is 5.00. The molecule has 7 heteroatoms. The summed E-state index contributed by atoms with van der Waals surface area (Å²) in [7, 11) is 0. The molecule has 2 N–H and O–H groups in total. The van der Waals surface area contributed by atoms with Crippen LogP contribution in [0.2, 0.25) is 0 Å². The molecule has 136 valence electrons. The fourth-order valence-corrected chi connectivity index (χ4v) is 3.47. The number of aromatic nitrogens is 2. The smallest absolute Gasteiger partial charge is 0.257 e. The van der Waals surface area contributed by atoms with E-state index in [4.69, 9.17) is 4.98 Å². The lowest BCUT2D eigenvalue weighted by molar-refractivity contribution is 0.0966. The zero-order chi connectivity index (χ0) is 18.1. The van der Waals surface area contributed by atoms with Crippen LogP contribution in [0.15, 0.2) is 24.3 Å². The van der Waals surface area contributed by atoms with E-state index in [0.29, 0.717) is 23.9 Å². The van der Waals surface area contributed by atoms with Crippen molar-refractivity contribution in [2.75, 3.05) is 42.9 Å². The van der Waals surface area contributed by atoms with Gasteiger partial charge in [-0.3, -0.25) is 4.79 Å². The highest BCUT2D eigenvalue weighted by Gasteiger charge is 2.28. The molecule has 2 aliphatic heterocycles. The fourth-order valence-electron chi connectivity index (χ4n) is 3.47. The molecule has 4 rings (SSSR count). The number of nitrogens with one attached hydrogen (secondary N) is 2. The van der Waals surface area contributed by atoms with E-state index >= 15 is 0 Å². The molecule has 1 fully saturated rings. The van der Waals surface area contributed by atoms with E-state index in [2.05, 4.69) is 32.3 Å². The average Bonchev–Trinajstić information content (AvgIpc) is 3.03. The number of likely N-dealkylation sites (N-methyl/N-ethyl adjacent to an activating group) is 1. The Kier molecular flexibility index (Phi) is 4.46. The van der Waals surface area contributed by atoms with Crippen molar-refractivity contribution in [3.63, 3.8) is 0 Å². The molecule has 26 heavy (non-hydrogen) atoms. The summed E-state index contributed by atoms with van der Waals surface area (Å²) in [6, 6.07) is 8.06. The number of carbonyl (C=O) groups is 1. The molecule has 3 heterocycles. The second-order valence-corrected chi connectivity index (χ2v) is 6.79. The van der Waals surface area contributed by atoms with Crippen LogP contribution < -0.4 is 15.5 Å². The van der Waals surface area contributed by atoms with Crippen molar-refractivity contribution in [2.45, 2.75) is 20.4 Å². The number of hydrogen-bond acceptors (Lipinski definition) is 6. The van der Waals surface area contributed by atoms with Gasteiger partial charge in [0.2, 0.25) is 5.95 Å². The maximum Gasteiger partial charge on any atom is 0.257 e. The second-order valence-electron chi connectivity index (χ2n) is 6.79. The van der Waals surface area contributed by atoms with E-state index in [9.17, 15) is 4.79 Å². The van der Waals surface area contributed by atoms with Crippen LogP contribution in [0.3, 0.4) is 0 Å². The number of anilines is 3. The van der Waals surface area contributed by atoms with Crippen molar-refractivity contribution < 1.29 is 4.79 Å². The third-order valence-corrected chi connectivity index (χ3v) is 5.00. The highest BCUT2D eigenvalue weighted by Crippen LogP contribution is 2.27. The minimum atomic E-state index is -0.113. The number of aryl methyl sites for hydroxylation is 1. The molecular weight excluding hydrogens is 328 g/mol. The lowest BCUT2D eigenvalue weighted by Crippen LogP contribution is -2.46. The van der Waals surface area contributed by atoms with Gasteiger partial charge in [0.15, 0.2) is 0 Å². The van der Waals surface area contributed by atoms with Crippen LogP contribution in [-0.4, -0.2) is 53.5 Å². The van der Waals surface area contributed by atoms with Gasteiger partial charge in [-0.05, 0) is 31.2 Å². The minimum Gasteiger partial charge on any atom is -0.346 e. The number of hydrogen-bond donors (Lipinski definition) is 2. The Morgan fingerprint density at radius 3 is 2.73 bits per heavy atom. The predicted molar refractivity (Wildman–Crippen MR) is 102 cm³/mol. The second kappa shape index (κ2) is 6.92. The van der Waals surface area contributed by atoms with Crippen molar-refractivity contribution in [2.24, 2.45) is 0 Å². The Labute approximate surface area is 153 Å². The summed E-state index contributed by atoms with van der Waals surface area (Å²) in [5.41, 5.74) is 3.41. The average molecular weight is 352 g/mol. The third kappa shape index (κ3) is 3.22. The summed E-state index contributed by atoms with van der Waals surface area (Å²) < 4.78 is 0. The molecule has 0 aliphatic carbocycles. The molecule has 0 atom stereocenters. The summed E-state index contributed by atoms with van der Waals surface area (Å²) in [6.45, 7) is 9.57. The van der Waals surface area contributed by atoms with Crippen molar-refractivity contribution in [1.82, 2.24) is 20.2 Å². The van der Waals surface area contributed by atoms with E-state index < -0.39 is 0 Å². The molecule has 0 bridgehead atoms. The normalized spacial score (nSPS) is 17.2. The Morgan fingerprint density at radius 1 is 1.19 bits per heavy atom. The van der Waals surface area contributed by atoms with Gasteiger partial charge in [0.05, 0.1) is 12.2 Å². The van der Waals surface area contributed by atoms with Gasteiger partial charge in [-0.15, -0.1) is 0 Å². The van der Waals surface area contributed by atoms with E-state index in [1.807, 2.05) is 31.2 Å². The Morgan fingerprint density at radius 2 is 2.00 bits per heavy atom. The molecular formula is C19H24N6O. The van der Waals surface area contributed by atoms with Crippen molar-refractivity contribution in [1.29, 1.82) is 0 Å². The molecule has 0 spiro atoms. The molecule has 1 aromatic heterocycles. The Bertz CT molecular complexity index is 829. The van der Waals surface area contributed by atoms with Crippen LogP contribution in [0.5, 0.6) is 0 Å². The molecule has 0 radical (unpaired) electrons. The van der Waals surface area contributed by atoms with Crippen LogP contribution >= 0.6 is 0 Å². The van der Waals surface area contributed by atoms with Gasteiger partial charge in [0.25, 0.3) is 5.91 Å². The van der Waals surface area contributed by atoms with Gasteiger partial charge in [0.1, 0.15) is 11.4 Å². The minimum absolute atomic E-state index is 0.113. The van der Waals surface area contributed by atoms with Gasteiger partial charge in [-0.1, -0.05) is 19.1 Å². The summed E-state index contributed by atoms with van der Waals surface area (Å²) in [4.78, 5) is 26.3. The van der Waals surface area contributed by atoms with Gasteiger partial charge in [-0.25, -0.2) is 4.98 Å². The van der Waals surface area contributed by atoms with Crippen molar-refractivity contribution >= 4 is 23.4 Å². The van der Waals surface area contributed by atoms with E-state index in [1.165, 1.54) is 0 Å². The molecule has 2 aliphatic rings. The van der Waals surface area contributed by atoms with Gasteiger partial charge >= 0.3 is 0 Å². The van der Waals surface area contributed by atoms with Crippen molar-refractivity contribution in [3.05, 3.63) is 41.1 Å². The first-order valence-corrected chi connectivity index (χ1v) is 9.14. The summed E-state index contributed by atoms with van der Waals surface area (Å²) >= 11 is 0. The summed E-state index contributed by atoms with van der Waals surface area (Å²) in [6.07, 6.45) is 0.